The lowest BCUT2D eigenvalue weighted by Crippen LogP contribution is -2.45. The number of aliphatic carboxylic acids is 1. The van der Waals surface area contributed by atoms with Crippen molar-refractivity contribution in [1.82, 2.24) is 0 Å². The first-order valence-electron chi connectivity index (χ1n) is 6.14. The fourth-order valence-corrected chi connectivity index (χ4v) is 1.90. The lowest BCUT2D eigenvalue weighted by atomic mass is 9.73. The predicted octanol–water partition coefficient (Wildman–Crippen LogP) is 1.07. The van der Waals surface area contributed by atoms with Crippen LogP contribution in [-0.2, 0) is 9.59 Å². The van der Waals surface area contributed by atoms with E-state index in [-0.39, 0.29) is 11.7 Å². The zero-order valence-electron chi connectivity index (χ0n) is 11.7. The monoisotopic (exact) mass is 260 g/mol. The van der Waals surface area contributed by atoms with E-state index in [1.54, 1.807) is 20.8 Å². The first-order chi connectivity index (χ1) is 8.01. The molecule has 0 amide bonds. The molecule has 0 aromatic rings. The lowest BCUT2D eigenvalue weighted by molar-refractivity contribution is -0.147. The minimum Gasteiger partial charge on any atom is -0.481 e. The number of aliphatic hydroxyl groups excluding tert-OH is 2. The highest BCUT2D eigenvalue weighted by atomic mass is 16.4. The Bertz CT molecular complexity index is 309. The Kier molecular flexibility index (Phi) is 5.96. The molecule has 0 bridgehead atoms. The van der Waals surface area contributed by atoms with Crippen LogP contribution in [0.1, 0.15) is 41.0 Å². The Morgan fingerprint density at radius 2 is 1.56 bits per heavy atom. The summed E-state index contributed by atoms with van der Waals surface area (Å²) in [6, 6.07) is 0. The largest absolute Gasteiger partial charge is 0.481 e. The van der Waals surface area contributed by atoms with E-state index in [9.17, 15) is 19.8 Å². The molecule has 3 atom stereocenters. The normalized spacial score (nSPS) is 17.3. The van der Waals surface area contributed by atoms with Crippen molar-refractivity contribution in [2.24, 2.45) is 17.3 Å². The summed E-state index contributed by atoms with van der Waals surface area (Å²) in [5.74, 6) is -2.18. The van der Waals surface area contributed by atoms with Crippen molar-refractivity contribution in [3.63, 3.8) is 0 Å². The van der Waals surface area contributed by atoms with Crippen LogP contribution in [0.2, 0.25) is 0 Å². The van der Waals surface area contributed by atoms with E-state index in [0.717, 1.165) is 0 Å². The van der Waals surface area contributed by atoms with Crippen LogP contribution in [0.4, 0.5) is 0 Å². The number of Topliss-reactive ketones (excluding diaryl/α,β-unsaturated/α-hetero) is 1. The Balaban J connectivity index is 4.89. The van der Waals surface area contributed by atoms with Gasteiger partial charge < -0.3 is 15.3 Å². The van der Waals surface area contributed by atoms with Gasteiger partial charge in [-0.15, -0.1) is 0 Å². The highest BCUT2D eigenvalue weighted by Crippen LogP contribution is 2.30. The van der Waals surface area contributed by atoms with Gasteiger partial charge in [0.05, 0.1) is 24.0 Å². The first-order valence-corrected chi connectivity index (χ1v) is 6.14. The molecule has 5 heteroatoms. The molecule has 0 radical (unpaired) electrons. The van der Waals surface area contributed by atoms with E-state index in [0.29, 0.717) is 0 Å². The zero-order chi connectivity index (χ0) is 14.7. The number of hydrogen-bond acceptors (Lipinski definition) is 4. The molecule has 0 heterocycles. The standard InChI is InChI=1S/C13H24O5/c1-7(2)11(17)8(3)12(18)13(4,5)9(14)6-10(15)16/h7-9,11,14,17H,6H2,1-5H3,(H,15,16)/t8-,9-,11+/m0/s1. The van der Waals surface area contributed by atoms with E-state index in [4.69, 9.17) is 5.11 Å². The van der Waals surface area contributed by atoms with Crippen LogP contribution in [0.3, 0.4) is 0 Å². The number of carbonyl (C=O) groups excluding carboxylic acids is 1. The second-order valence-corrected chi connectivity index (χ2v) is 5.72. The molecule has 0 aliphatic rings. The van der Waals surface area contributed by atoms with Crippen LogP contribution in [-0.4, -0.2) is 39.3 Å². The average Bonchev–Trinajstić information content (AvgIpc) is 2.24. The summed E-state index contributed by atoms with van der Waals surface area (Å²) in [5, 5.41) is 28.3. The van der Waals surface area contributed by atoms with E-state index >= 15 is 0 Å². The van der Waals surface area contributed by atoms with Gasteiger partial charge in [-0.3, -0.25) is 9.59 Å². The summed E-state index contributed by atoms with van der Waals surface area (Å²) in [7, 11) is 0. The molecule has 0 aliphatic heterocycles. The number of carboxylic acid groups (broad SMARTS) is 1. The highest BCUT2D eigenvalue weighted by Gasteiger charge is 2.41. The molecule has 0 unspecified atom stereocenters. The van der Waals surface area contributed by atoms with Gasteiger partial charge in [-0.1, -0.05) is 34.6 Å². The summed E-state index contributed by atoms with van der Waals surface area (Å²) in [6.45, 7) is 8.21. The summed E-state index contributed by atoms with van der Waals surface area (Å²) < 4.78 is 0. The minimum absolute atomic E-state index is 0.0728. The Hall–Kier alpha value is -0.940. The van der Waals surface area contributed by atoms with E-state index in [1.165, 1.54) is 13.8 Å². The molecular weight excluding hydrogens is 236 g/mol. The molecule has 106 valence electrons. The number of aliphatic hydroxyl groups is 2. The van der Waals surface area contributed by atoms with Crippen molar-refractivity contribution in [2.75, 3.05) is 0 Å². The van der Waals surface area contributed by atoms with Gasteiger partial charge in [-0.25, -0.2) is 0 Å². The zero-order valence-corrected chi connectivity index (χ0v) is 11.7. The van der Waals surface area contributed by atoms with Crippen molar-refractivity contribution in [2.45, 2.75) is 53.2 Å². The van der Waals surface area contributed by atoms with Crippen LogP contribution in [0.15, 0.2) is 0 Å². The van der Waals surface area contributed by atoms with E-state index in [1.807, 2.05) is 0 Å². The van der Waals surface area contributed by atoms with Crippen molar-refractivity contribution in [3.8, 4) is 0 Å². The SMILES string of the molecule is CC(C)[C@@H](O)[C@H](C)C(=O)C(C)(C)[C@@H](O)CC(=O)O. The van der Waals surface area contributed by atoms with Gasteiger partial charge in [0.15, 0.2) is 0 Å². The van der Waals surface area contributed by atoms with Crippen LogP contribution in [0.5, 0.6) is 0 Å². The highest BCUT2D eigenvalue weighted by molar-refractivity contribution is 5.87. The molecule has 0 spiro atoms. The molecule has 0 aliphatic carbocycles. The Morgan fingerprint density at radius 1 is 1.11 bits per heavy atom. The third-order valence-corrected chi connectivity index (χ3v) is 3.44. The van der Waals surface area contributed by atoms with Gasteiger partial charge >= 0.3 is 5.97 Å². The molecular formula is C13H24O5. The maximum atomic E-state index is 12.2. The summed E-state index contributed by atoms with van der Waals surface area (Å²) in [6.07, 6.45) is -2.54. The van der Waals surface area contributed by atoms with Gasteiger partial charge in [0.1, 0.15) is 5.78 Å². The molecule has 5 nitrogen and oxygen atoms in total. The van der Waals surface area contributed by atoms with Gasteiger partial charge in [-0.05, 0) is 5.92 Å². The van der Waals surface area contributed by atoms with Crippen LogP contribution in [0, 0.1) is 17.3 Å². The Labute approximate surface area is 108 Å². The van der Waals surface area contributed by atoms with Gasteiger partial charge in [0.25, 0.3) is 0 Å². The second-order valence-electron chi connectivity index (χ2n) is 5.72. The fourth-order valence-electron chi connectivity index (χ4n) is 1.90. The number of ketones is 1. The van der Waals surface area contributed by atoms with Gasteiger partial charge in [0.2, 0.25) is 0 Å². The molecule has 0 rings (SSSR count). The minimum atomic E-state index is -1.26. The fraction of sp³-hybridized carbons (Fsp3) is 0.846. The van der Waals surface area contributed by atoms with Crippen molar-refractivity contribution in [1.29, 1.82) is 0 Å². The molecule has 18 heavy (non-hydrogen) atoms. The molecule has 0 aromatic carbocycles. The number of carbonyl (C=O) groups is 2. The van der Waals surface area contributed by atoms with Crippen molar-refractivity contribution in [3.05, 3.63) is 0 Å². The van der Waals surface area contributed by atoms with E-state index in [2.05, 4.69) is 0 Å². The maximum Gasteiger partial charge on any atom is 0.306 e. The quantitative estimate of drug-likeness (QED) is 0.636. The summed E-state index contributed by atoms with van der Waals surface area (Å²) in [4.78, 5) is 22.8. The lowest BCUT2D eigenvalue weighted by Gasteiger charge is -2.33. The van der Waals surface area contributed by atoms with Crippen LogP contribution in [0.25, 0.3) is 0 Å². The molecule has 3 N–H and O–H groups in total. The Morgan fingerprint density at radius 3 is 1.89 bits per heavy atom. The number of rotatable bonds is 7. The summed E-state index contributed by atoms with van der Waals surface area (Å²) in [5.41, 5.74) is -1.19. The van der Waals surface area contributed by atoms with Crippen LogP contribution >= 0.6 is 0 Å². The third-order valence-electron chi connectivity index (χ3n) is 3.44. The maximum absolute atomic E-state index is 12.2. The predicted molar refractivity (Wildman–Crippen MR) is 67.1 cm³/mol. The average molecular weight is 260 g/mol. The van der Waals surface area contributed by atoms with Crippen LogP contribution < -0.4 is 0 Å². The molecule has 0 saturated heterocycles. The molecule has 0 aromatic heterocycles. The second kappa shape index (κ2) is 6.29. The van der Waals surface area contributed by atoms with Crippen molar-refractivity contribution >= 4 is 11.8 Å². The topological polar surface area (TPSA) is 94.8 Å². The third kappa shape index (κ3) is 4.07. The van der Waals surface area contributed by atoms with Crippen molar-refractivity contribution < 1.29 is 24.9 Å². The number of carboxylic acids is 1. The summed E-state index contributed by atoms with van der Waals surface area (Å²) >= 11 is 0. The van der Waals surface area contributed by atoms with E-state index < -0.39 is 35.9 Å². The van der Waals surface area contributed by atoms with Gasteiger partial charge in [0, 0.05) is 5.92 Å². The van der Waals surface area contributed by atoms with Gasteiger partial charge in [-0.2, -0.15) is 0 Å². The molecule has 0 fully saturated rings. The first kappa shape index (κ1) is 17.1. The molecule has 0 saturated carbocycles. The smallest absolute Gasteiger partial charge is 0.306 e. The number of hydrogen-bond donors (Lipinski definition) is 3.